The number of rotatable bonds is 3. The van der Waals surface area contributed by atoms with Gasteiger partial charge in [0.25, 0.3) is 5.69 Å². The largest absolute Gasteiger partial charge is 0.872 e. The van der Waals surface area contributed by atoms with Gasteiger partial charge in [0, 0.05) is 23.4 Å². The van der Waals surface area contributed by atoms with Crippen LogP contribution >= 0.6 is 11.6 Å². The summed E-state index contributed by atoms with van der Waals surface area (Å²) in [5.41, 5.74) is 1.54. The van der Waals surface area contributed by atoms with Gasteiger partial charge in [-0.3, -0.25) is 15.1 Å². The first-order valence-corrected chi connectivity index (χ1v) is 6.11. The summed E-state index contributed by atoms with van der Waals surface area (Å²) in [5, 5.41) is 22.9. The maximum atomic E-state index is 11.6. The van der Waals surface area contributed by atoms with Crippen molar-refractivity contribution in [3.8, 4) is 5.75 Å². The van der Waals surface area contributed by atoms with Crippen LogP contribution in [0, 0.1) is 17.0 Å². The van der Waals surface area contributed by atoms with Crippen molar-refractivity contribution in [2.45, 2.75) is 6.92 Å². The molecule has 0 saturated heterocycles. The average Bonchev–Trinajstić information content (AvgIpc) is 2.39. The number of nitro groups is 1. The van der Waals surface area contributed by atoms with Crippen LogP contribution < -0.4 is 5.11 Å². The van der Waals surface area contributed by atoms with Gasteiger partial charge in [0.05, 0.1) is 10.6 Å². The number of aliphatic imine (C=N–C) groups is 1. The third kappa shape index (κ3) is 3.13. The fraction of sp³-hybridized carbons (Fsp3) is 0.0714. The van der Waals surface area contributed by atoms with E-state index >= 15 is 0 Å². The van der Waals surface area contributed by atoms with Crippen molar-refractivity contribution in [1.82, 2.24) is 0 Å². The monoisotopic (exact) mass is 289 g/mol. The van der Waals surface area contributed by atoms with Crippen LogP contribution in [0.15, 0.2) is 41.4 Å². The van der Waals surface area contributed by atoms with Gasteiger partial charge in [0.2, 0.25) is 0 Å². The van der Waals surface area contributed by atoms with Crippen LogP contribution in [0.4, 0.5) is 11.4 Å². The molecule has 0 aromatic heterocycles. The van der Waals surface area contributed by atoms with Crippen LogP contribution in [0.25, 0.3) is 0 Å². The molecule has 0 bridgehead atoms. The Hall–Kier alpha value is -2.40. The van der Waals surface area contributed by atoms with E-state index in [-0.39, 0.29) is 17.0 Å². The zero-order valence-electron chi connectivity index (χ0n) is 10.5. The summed E-state index contributed by atoms with van der Waals surface area (Å²) in [6, 6.07) is 8.70. The van der Waals surface area contributed by atoms with Gasteiger partial charge in [-0.05, 0) is 36.2 Å². The lowest BCUT2D eigenvalue weighted by atomic mass is 10.2. The minimum absolute atomic E-state index is 0.140. The number of benzene rings is 2. The van der Waals surface area contributed by atoms with Gasteiger partial charge in [0.1, 0.15) is 0 Å². The number of nitro benzene ring substituents is 1. The Kier molecular flexibility index (Phi) is 4.00. The molecule has 0 N–H and O–H groups in total. The summed E-state index contributed by atoms with van der Waals surface area (Å²) in [6.07, 6.45) is 1.32. The predicted molar refractivity (Wildman–Crippen MR) is 76.0 cm³/mol. The van der Waals surface area contributed by atoms with Crippen molar-refractivity contribution in [1.29, 1.82) is 0 Å². The molecule has 20 heavy (non-hydrogen) atoms. The van der Waals surface area contributed by atoms with Crippen LogP contribution in [0.3, 0.4) is 0 Å². The zero-order chi connectivity index (χ0) is 14.7. The quantitative estimate of drug-likeness (QED) is 0.493. The van der Waals surface area contributed by atoms with Crippen LogP contribution in [-0.2, 0) is 0 Å². The summed E-state index contributed by atoms with van der Waals surface area (Å²) >= 11 is 5.84. The summed E-state index contributed by atoms with van der Waals surface area (Å²) < 4.78 is 0. The first kappa shape index (κ1) is 14.0. The van der Waals surface area contributed by atoms with Crippen LogP contribution in [0.1, 0.15) is 11.1 Å². The van der Waals surface area contributed by atoms with Crippen LogP contribution in [-0.4, -0.2) is 11.1 Å². The van der Waals surface area contributed by atoms with Gasteiger partial charge in [-0.25, -0.2) is 0 Å². The van der Waals surface area contributed by atoms with Crippen molar-refractivity contribution < 1.29 is 10.0 Å². The number of aryl methyl sites for hydroxylation is 1. The molecule has 0 heterocycles. The van der Waals surface area contributed by atoms with E-state index in [0.717, 1.165) is 11.6 Å². The highest BCUT2D eigenvalue weighted by Gasteiger charge is 2.05. The molecule has 102 valence electrons. The summed E-state index contributed by atoms with van der Waals surface area (Å²) in [4.78, 5) is 14.3. The summed E-state index contributed by atoms with van der Waals surface area (Å²) in [7, 11) is 0. The number of halogens is 1. The molecule has 0 amide bonds. The van der Waals surface area contributed by atoms with E-state index in [0.29, 0.717) is 10.7 Å². The third-order valence-electron chi connectivity index (χ3n) is 2.71. The first-order chi connectivity index (χ1) is 9.47. The van der Waals surface area contributed by atoms with E-state index < -0.39 is 4.92 Å². The predicted octanol–water partition coefficient (Wildman–Crippen LogP) is 3.38. The van der Waals surface area contributed by atoms with Gasteiger partial charge in [0.15, 0.2) is 0 Å². The minimum Gasteiger partial charge on any atom is -0.872 e. The molecule has 0 spiro atoms. The van der Waals surface area contributed by atoms with E-state index in [1.54, 1.807) is 18.2 Å². The standard InChI is InChI=1S/C14H11ClN2O3/c1-9-6-11(15)2-4-13(9)16-8-10-7-12(17(19)20)3-5-14(10)18/h2-8,18H,1H3/p-1. The maximum Gasteiger partial charge on any atom is 0.270 e. The molecule has 0 saturated carbocycles. The summed E-state index contributed by atoms with van der Waals surface area (Å²) in [5.74, 6) is -0.314. The van der Waals surface area contributed by atoms with Crippen molar-refractivity contribution in [3.05, 3.63) is 62.7 Å². The second-order valence-electron chi connectivity index (χ2n) is 4.17. The molecule has 0 aliphatic rings. The van der Waals surface area contributed by atoms with E-state index in [1.165, 1.54) is 18.3 Å². The van der Waals surface area contributed by atoms with E-state index in [9.17, 15) is 15.2 Å². The fourth-order valence-electron chi connectivity index (χ4n) is 1.65. The van der Waals surface area contributed by atoms with Crippen LogP contribution in [0.5, 0.6) is 5.75 Å². The average molecular weight is 290 g/mol. The Morgan fingerprint density at radius 2 is 2.00 bits per heavy atom. The topological polar surface area (TPSA) is 78.6 Å². The molecule has 0 fully saturated rings. The van der Waals surface area contributed by atoms with Gasteiger partial charge < -0.3 is 5.11 Å². The molecule has 6 heteroatoms. The van der Waals surface area contributed by atoms with Crippen molar-refractivity contribution in [2.75, 3.05) is 0 Å². The van der Waals surface area contributed by atoms with E-state index in [2.05, 4.69) is 4.99 Å². The number of nitrogens with zero attached hydrogens (tertiary/aromatic N) is 2. The molecule has 0 atom stereocenters. The fourth-order valence-corrected chi connectivity index (χ4v) is 1.88. The molecule has 5 nitrogen and oxygen atoms in total. The molecule has 0 radical (unpaired) electrons. The van der Waals surface area contributed by atoms with Crippen molar-refractivity contribution in [2.24, 2.45) is 4.99 Å². The zero-order valence-corrected chi connectivity index (χ0v) is 11.3. The van der Waals surface area contributed by atoms with E-state index in [4.69, 9.17) is 11.6 Å². The molecule has 0 aliphatic heterocycles. The highest BCUT2D eigenvalue weighted by atomic mass is 35.5. The Bertz CT molecular complexity index is 699. The third-order valence-corrected chi connectivity index (χ3v) is 2.94. The molecule has 2 rings (SSSR count). The van der Waals surface area contributed by atoms with Gasteiger partial charge >= 0.3 is 0 Å². The number of non-ortho nitro benzene ring substituents is 1. The SMILES string of the molecule is Cc1cc(Cl)ccc1N=Cc1cc([N+](=O)[O-])ccc1[O-]. The number of hydrogen-bond acceptors (Lipinski definition) is 4. The second kappa shape index (κ2) is 5.71. The van der Waals surface area contributed by atoms with Gasteiger partial charge in [-0.15, -0.1) is 0 Å². The Balaban J connectivity index is 2.35. The first-order valence-electron chi connectivity index (χ1n) is 5.73. The number of hydrogen-bond donors (Lipinski definition) is 0. The lowest BCUT2D eigenvalue weighted by Crippen LogP contribution is -1.98. The van der Waals surface area contributed by atoms with Gasteiger partial charge in [-0.1, -0.05) is 23.4 Å². The lowest BCUT2D eigenvalue weighted by Gasteiger charge is -2.08. The highest BCUT2D eigenvalue weighted by molar-refractivity contribution is 6.30. The Morgan fingerprint density at radius 1 is 1.25 bits per heavy atom. The van der Waals surface area contributed by atoms with Crippen molar-refractivity contribution >= 4 is 29.2 Å². The van der Waals surface area contributed by atoms with Crippen LogP contribution in [0.2, 0.25) is 5.02 Å². The molecule has 2 aromatic rings. The molecule has 0 aliphatic carbocycles. The second-order valence-corrected chi connectivity index (χ2v) is 4.60. The molecule has 0 unspecified atom stereocenters. The molecule has 2 aromatic carbocycles. The molecular weight excluding hydrogens is 280 g/mol. The molecular formula is C14H10ClN2O3-. The Morgan fingerprint density at radius 3 is 2.65 bits per heavy atom. The summed E-state index contributed by atoms with van der Waals surface area (Å²) in [6.45, 7) is 1.84. The van der Waals surface area contributed by atoms with Gasteiger partial charge in [-0.2, -0.15) is 0 Å². The normalized spacial score (nSPS) is 10.9. The maximum absolute atomic E-state index is 11.6. The van der Waals surface area contributed by atoms with E-state index in [1.807, 2.05) is 6.92 Å². The Labute approximate surface area is 120 Å². The van der Waals surface area contributed by atoms with Crippen molar-refractivity contribution in [3.63, 3.8) is 0 Å². The smallest absolute Gasteiger partial charge is 0.270 e. The highest BCUT2D eigenvalue weighted by Crippen LogP contribution is 2.24. The minimum atomic E-state index is -0.551. The lowest BCUT2D eigenvalue weighted by molar-refractivity contribution is -0.385.